The van der Waals surface area contributed by atoms with Gasteiger partial charge in [0.2, 0.25) is 0 Å². The van der Waals surface area contributed by atoms with Crippen LogP contribution in [0.15, 0.2) is 46.9 Å². The van der Waals surface area contributed by atoms with Gasteiger partial charge in [-0.2, -0.15) is 0 Å². The third-order valence-electron chi connectivity index (χ3n) is 4.85. The van der Waals surface area contributed by atoms with E-state index in [1.54, 1.807) is 4.90 Å². The second kappa shape index (κ2) is 7.17. The minimum atomic E-state index is -0.512. The molecule has 0 saturated heterocycles. The van der Waals surface area contributed by atoms with Gasteiger partial charge in [0.1, 0.15) is 11.4 Å². The molecule has 0 bridgehead atoms. The van der Waals surface area contributed by atoms with Gasteiger partial charge < -0.3 is 14.1 Å². The van der Waals surface area contributed by atoms with E-state index in [9.17, 15) is 4.79 Å². The lowest BCUT2D eigenvalue weighted by molar-refractivity contribution is 0.0220. The summed E-state index contributed by atoms with van der Waals surface area (Å²) >= 11 is 6.54. The number of hydrogen-bond donors (Lipinski definition) is 0. The summed E-state index contributed by atoms with van der Waals surface area (Å²) in [5.41, 5.74) is 3.58. The first kappa shape index (κ1) is 18.9. The minimum Gasteiger partial charge on any atom is -0.459 e. The normalized spacial score (nSPS) is 14.2. The van der Waals surface area contributed by atoms with Crippen molar-refractivity contribution >= 4 is 28.7 Å². The lowest BCUT2D eigenvalue weighted by atomic mass is 10.00. The first-order valence-corrected chi connectivity index (χ1v) is 9.92. The molecule has 0 radical (unpaired) electrons. The van der Waals surface area contributed by atoms with E-state index in [-0.39, 0.29) is 6.09 Å². The van der Waals surface area contributed by atoms with Crippen LogP contribution in [0.1, 0.15) is 43.2 Å². The van der Waals surface area contributed by atoms with E-state index in [0.29, 0.717) is 30.1 Å². The van der Waals surface area contributed by atoms with Crippen molar-refractivity contribution < 1.29 is 13.9 Å². The van der Waals surface area contributed by atoms with Gasteiger partial charge in [0.05, 0.1) is 11.6 Å². The molecule has 0 atom stereocenters. The molecule has 146 valence electrons. The Labute approximate surface area is 170 Å². The molecule has 28 heavy (non-hydrogen) atoms. The van der Waals surface area contributed by atoms with Crippen molar-refractivity contribution in [1.29, 1.82) is 0 Å². The van der Waals surface area contributed by atoms with Gasteiger partial charge in [-0.3, -0.25) is 0 Å². The van der Waals surface area contributed by atoms with Crippen molar-refractivity contribution in [3.8, 4) is 0 Å². The molecular weight excluding hydrogens is 374 g/mol. The van der Waals surface area contributed by atoms with E-state index in [0.717, 1.165) is 28.7 Å². The quantitative estimate of drug-likeness (QED) is 0.535. The molecule has 0 fully saturated rings. The smallest absolute Gasteiger partial charge is 0.410 e. The standard InChI is InChI=1S/C23H24ClNO3/c1-23(2,3)28-22(26)25-10-9-20-18(14-25)17-12-16(13-19(24)21(17)27-20)11-15-7-5-4-6-8-15/h4-8,12-13H,9-11,14H2,1-3H3. The van der Waals surface area contributed by atoms with Crippen molar-refractivity contribution in [1.82, 2.24) is 4.90 Å². The molecule has 1 aliphatic heterocycles. The van der Waals surface area contributed by atoms with Gasteiger partial charge in [0.15, 0.2) is 5.58 Å². The summed E-state index contributed by atoms with van der Waals surface area (Å²) < 4.78 is 11.6. The second-order valence-corrected chi connectivity index (χ2v) is 8.68. The number of benzene rings is 2. The summed E-state index contributed by atoms with van der Waals surface area (Å²) in [5, 5.41) is 1.60. The third-order valence-corrected chi connectivity index (χ3v) is 5.13. The summed E-state index contributed by atoms with van der Waals surface area (Å²) in [4.78, 5) is 14.2. The van der Waals surface area contributed by atoms with Crippen LogP contribution in [0.5, 0.6) is 0 Å². The fourth-order valence-corrected chi connectivity index (χ4v) is 3.89. The predicted octanol–water partition coefficient (Wildman–Crippen LogP) is 5.97. The zero-order chi connectivity index (χ0) is 19.9. The molecule has 3 aromatic rings. The van der Waals surface area contributed by atoms with Gasteiger partial charge in [-0.05, 0) is 50.5 Å². The van der Waals surface area contributed by atoms with Crippen LogP contribution in [0.25, 0.3) is 11.0 Å². The van der Waals surface area contributed by atoms with Crippen molar-refractivity contribution in [2.24, 2.45) is 0 Å². The van der Waals surface area contributed by atoms with Crippen LogP contribution in [0.3, 0.4) is 0 Å². The minimum absolute atomic E-state index is 0.293. The van der Waals surface area contributed by atoms with Crippen LogP contribution in [0.2, 0.25) is 5.02 Å². The lowest BCUT2D eigenvalue weighted by Gasteiger charge is -2.29. The van der Waals surface area contributed by atoms with Gasteiger partial charge in [0.25, 0.3) is 0 Å². The number of hydrogen-bond acceptors (Lipinski definition) is 3. The van der Waals surface area contributed by atoms with E-state index < -0.39 is 5.60 Å². The van der Waals surface area contributed by atoms with Gasteiger partial charge >= 0.3 is 6.09 Å². The van der Waals surface area contributed by atoms with Crippen LogP contribution < -0.4 is 0 Å². The SMILES string of the molecule is CC(C)(C)OC(=O)N1CCc2oc3c(Cl)cc(Cc4ccccc4)cc3c2C1. The van der Waals surface area contributed by atoms with Crippen LogP contribution in [0, 0.1) is 0 Å². The molecular formula is C23H24ClNO3. The molecule has 0 aliphatic carbocycles. The molecule has 2 heterocycles. The number of nitrogens with zero attached hydrogens (tertiary/aromatic N) is 1. The monoisotopic (exact) mass is 397 g/mol. The van der Waals surface area contributed by atoms with Crippen molar-refractivity contribution in [3.05, 3.63) is 69.9 Å². The molecule has 0 spiro atoms. The Morgan fingerprint density at radius 2 is 1.93 bits per heavy atom. The molecule has 5 heteroatoms. The molecule has 1 aromatic heterocycles. The van der Waals surface area contributed by atoms with Gasteiger partial charge in [-0.1, -0.05) is 41.9 Å². The molecule has 2 aromatic carbocycles. The third kappa shape index (κ3) is 3.88. The van der Waals surface area contributed by atoms with Crippen molar-refractivity contribution in [2.45, 2.75) is 45.8 Å². The number of carbonyl (C=O) groups is 1. The van der Waals surface area contributed by atoms with Crippen LogP contribution in [-0.2, 0) is 24.1 Å². The fourth-order valence-electron chi connectivity index (χ4n) is 3.61. The van der Waals surface area contributed by atoms with Crippen molar-refractivity contribution in [3.63, 3.8) is 0 Å². The summed E-state index contributed by atoms with van der Waals surface area (Å²) in [7, 11) is 0. The molecule has 0 saturated carbocycles. The number of carbonyl (C=O) groups excluding carboxylic acids is 1. The zero-order valence-corrected chi connectivity index (χ0v) is 17.2. The second-order valence-electron chi connectivity index (χ2n) is 8.27. The maximum absolute atomic E-state index is 12.5. The Morgan fingerprint density at radius 1 is 1.18 bits per heavy atom. The highest BCUT2D eigenvalue weighted by molar-refractivity contribution is 6.35. The van der Waals surface area contributed by atoms with Crippen LogP contribution >= 0.6 is 11.6 Å². The number of amides is 1. The topological polar surface area (TPSA) is 42.7 Å². The Hall–Kier alpha value is -2.46. The largest absolute Gasteiger partial charge is 0.459 e. The summed E-state index contributed by atoms with van der Waals surface area (Å²) in [6.45, 7) is 6.69. The van der Waals surface area contributed by atoms with Gasteiger partial charge in [-0.15, -0.1) is 0 Å². The highest BCUT2D eigenvalue weighted by Crippen LogP contribution is 2.36. The maximum Gasteiger partial charge on any atom is 0.410 e. The van der Waals surface area contributed by atoms with Crippen LogP contribution in [0.4, 0.5) is 4.79 Å². The van der Waals surface area contributed by atoms with E-state index in [1.807, 2.05) is 45.0 Å². The Bertz CT molecular complexity index is 1020. The Kier molecular flexibility index (Phi) is 4.84. The molecule has 1 aliphatic rings. The molecule has 1 amide bonds. The zero-order valence-electron chi connectivity index (χ0n) is 16.4. The maximum atomic E-state index is 12.5. The number of rotatable bonds is 2. The lowest BCUT2D eigenvalue weighted by Crippen LogP contribution is -2.39. The van der Waals surface area contributed by atoms with E-state index in [2.05, 4.69) is 18.2 Å². The first-order chi connectivity index (χ1) is 13.3. The highest BCUT2D eigenvalue weighted by atomic mass is 35.5. The van der Waals surface area contributed by atoms with E-state index in [1.165, 1.54) is 5.56 Å². The van der Waals surface area contributed by atoms with E-state index in [4.69, 9.17) is 20.8 Å². The average molecular weight is 398 g/mol. The molecule has 0 unspecified atom stereocenters. The average Bonchev–Trinajstić information content (AvgIpc) is 3.00. The fraction of sp³-hybridized carbons (Fsp3) is 0.348. The molecule has 0 N–H and O–H groups in total. The van der Waals surface area contributed by atoms with Crippen LogP contribution in [-0.4, -0.2) is 23.1 Å². The summed E-state index contributed by atoms with van der Waals surface area (Å²) in [6, 6.07) is 14.4. The number of fused-ring (bicyclic) bond motifs is 3. The molecule has 4 nitrogen and oxygen atoms in total. The van der Waals surface area contributed by atoms with E-state index >= 15 is 0 Å². The Morgan fingerprint density at radius 3 is 2.64 bits per heavy atom. The number of halogens is 1. The number of ether oxygens (including phenoxy) is 1. The predicted molar refractivity (Wildman–Crippen MR) is 111 cm³/mol. The van der Waals surface area contributed by atoms with Crippen molar-refractivity contribution in [2.75, 3.05) is 6.54 Å². The Balaban J connectivity index is 1.66. The first-order valence-electron chi connectivity index (χ1n) is 9.55. The number of furan rings is 1. The summed E-state index contributed by atoms with van der Waals surface area (Å²) in [6.07, 6.45) is 1.17. The van der Waals surface area contributed by atoms with Gasteiger partial charge in [0, 0.05) is 23.9 Å². The molecule has 4 rings (SSSR count). The summed E-state index contributed by atoms with van der Waals surface area (Å²) in [5.74, 6) is 0.911. The highest BCUT2D eigenvalue weighted by Gasteiger charge is 2.29. The van der Waals surface area contributed by atoms with Gasteiger partial charge in [-0.25, -0.2) is 4.79 Å².